The molecule has 1 unspecified atom stereocenters. The Morgan fingerprint density at radius 3 is 2.79 bits per heavy atom. The summed E-state index contributed by atoms with van der Waals surface area (Å²) in [5.41, 5.74) is 0.147. The largest absolute Gasteiger partial charge is 0.497 e. The van der Waals surface area contributed by atoms with Crippen molar-refractivity contribution in [3.8, 4) is 5.75 Å². The van der Waals surface area contributed by atoms with E-state index >= 15 is 0 Å². The van der Waals surface area contributed by atoms with Crippen LogP contribution in [0.5, 0.6) is 5.75 Å². The molecule has 0 radical (unpaired) electrons. The number of nitrogens with zero attached hydrogens (tertiary/aromatic N) is 2. The van der Waals surface area contributed by atoms with Crippen LogP contribution in [0, 0.1) is 11.8 Å². The number of hydrogen-bond donors (Lipinski definition) is 2. The number of carboxylic acids is 1. The Kier molecular flexibility index (Phi) is 6.30. The molecular weight excluding hydrogens is 422 g/mol. The number of carboxylic acid groups (broad SMARTS) is 1. The van der Waals surface area contributed by atoms with E-state index in [2.05, 4.69) is 21.8 Å². The molecule has 5 rings (SSSR count). The number of fused-ring (bicyclic) bond motifs is 4. The van der Waals surface area contributed by atoms with E-state index in [-0.39, 0.29) is 6.04 Å². The second-order valence-corrected chi connectivity index (χ2v) is 9.41. The maximum Gasteiger partial charge on any atom is 0.408 e. The first-order valence-electron chi connectivity index (χ1n) is 11.2. The molecule has 2 N–H and O–H groups in total. The van der Waals surface area contributed by atoms with Gasteiger partial charge in [-0.3, -0.25) is 9.88 Å². The minimum atomic E-state index is -1.45. The van der Waals surface area contributed by atoms with E-state index in [1.165, 1.54) is 13.8 Å². The Labute approximate surface area is 193 Å². The first-order chi connectivity index (χ1) is 15.7. The minimum Gasteiger partial charge on any atom is -0.497 e. The molecule has 8 nitrogen and oxygen atoms in total. The van der Waals surface area contributed by atoms with Crippen molar-refractivity contribution in [1.82, 2.24) is 15.2 Å². The second-order valence-electron chi connectivity index (χ2n) is 9.41. The molecule has 4 heterocycles. The molecular formula is C25H31N3O5. The van der Waals surface area contributed by atoms with E-state index in [0.717, 1.165) is 42.4 Å². The maximum atomic E-state index is 12.9. The number of rotatable bonds is 7. The van der Waals surface area contributed by atoms with Crippen molar-refractivity contribution >= 4 is 23.0 Å². The lowest BCUT2D eigenvalue weighted by Crippen LogP contribution is -2.56. The summed E-state index contributed by atoms with van der Waals surface area (Å²) in [7, 11) is 1.61. The van der Waals surface area contributed by atoms with Crippen molar-refractivity contribution in [1.29, 1.82) is 0 Å². The number of benzene rings is 1. The van der Waals surface area contributed by atoms with Crippen LogP contribution in [0.1, 0.15) is 38.4 Å². The van der Waals surface area contributed by atoms with E-state index in [1.807, 2.05) is 30.3 Å². The normalized spacial score (nSPS) is 25.3. The van der Waals surface area contributed by atoms with Crippen LogP contribution < -0.4 is 10.1 Å². The number of carbonyl (C=O) groups is 2. The molecule has 33 heavy (non-hydrogen) atoms. The number of aliphatic carboxylic acids is 1. The fourth-order valence-electron chi connectivity index (χ4n) is 5.02. The molecule has 8 heteroatoms. The van der Waals surface area contributed by atoms with Crippen LogP contribution in [0.15, 0.2) is 43.1 Å². The van der Waals surface area contributed by atoms with Crippen LogP contribution in [0.4, 0.5) is 4.79 Å². The van der Waals surface area contributed by atoms with Gasteiger partial charge in [-0.25, -0.2) is 9.59 Å². The summed E-state index contributed by atoms with van der Waals surface area (Å²) in [5.74, 6) is 0.447. The highest BCUT2D eigenvalue weighted by atomic mass is 16.6. The zero-order valence-corrected chi connectivity index (χ0v) is 19.3. The topological polar surface area (TPSA) is 101 Å². The third kappa shape index (κ3) is 4.53. The van der Waals surface area contributed by atoms with Crippen molar-refractivity contribution in [2.75, 3.05) is 20.2 Å². The Bertz CT molecular complexity index is 1070. The molecule has 3 saturated heterocycles. The predicted octanol–water partition coefficient (Wildman–Crippen LogP) is 3.77. The van der Waals surface area contributed by atoms with E-state index in [4.69, 9.17) is 9.47 Å². The van der Waals surface area contributed by atoms with Crippen LogP contribution in [-0.2, 0) is 9.53 Å². The predicted molar refractivity (Wildman–Crippen MR) is 124 cm³/mol. The van der Waals surface area contributed by atoms with E-state index in [0.29, 0.717) is 17.6 Å². The lowest BCUT2D eigenvalue weighted by atomic mass is 9.73. The molecule has 1 amide bonds. The molecule has 2 bridgehead atoms. The number of hydrogen-bond acceptors (Lipinski definition) is 6. The molecule has 2 aromatic rings. The van der Waals surface area contributed by atoms with Crippen LogP contribution in [-0.4, -0.2) is 58.8 Å². The Hall–Kier alpha value is -3.13. The highest BCUT2D eigenvalue weighted by molar-refractivity contribution is 5.85. The van der Waals surface area contributed by atoms with Gasteiger partial charge in [0.25, 0.3) is 0 Å². The zero-order chi connectivity index (χ0) is 23.8. The SMILES string of the molecule is C=C[C@@H]1CN2CC[C@H]1C[C@H]2[C@H](OC(=O)NC(C)(C)C(=O)O)c1ccnc2ccc(OC)cc12. The first kappa shape index (κ1) is 23.0. The smallest absolute Gasteiger partial charge is 0.408 e. The third-order valence-corrected chi connectivity index (χ3v) is 6.98. The average Bonchev–Trinajstić information content (AvgIpc) is 2.81. The van der Waals surface area contributed by atoms with Crippen molar-refractivity contribution in [3.05, 3.63) is 48.7 Å². The van der Waals surface area contributed by atoms with Crippen LogP contribution >= 0.6 is 0 Å². The number of aromatic nitrogens is 1. The number of amides is 1. The van der Waals surface area contributed by atoms with Gasteiger partial charge in [-0.2, -0.15) is 0 Å². The number of nitrogens with one attached hydrogen (secondary N) is 1. The van der Waals surface area contributed by atoms with Gasteiger partial charge in [-0.15, -0.1) is 6.58 Å². The average molecular weight is 454 g/mol. The molecule has 3 aliphatic heterocycles. The van der Waals surface area contributed by atoms with E-state index < -0.39 is 23.7 Å². The van der Waals surface area contributed by atoms with Gasteiger partial charge >= 0.3 is 12.1 Å². The Balaban J connectivity index is 1.73. The molecule has 3 aliphatic rings. The number of pyridine rings is 1. The molecule has 1 aromatic heterocycles. The lowest BCUT2D eigenvalue weighted by Gasteiger charge is -2.51. The highest BCUT2D eigenvalue weighted by Crippen LogP contribution is 2.43. The molecule has 176 valence electrons. The van der Waals surface area contributed by atoms with Gasteiger partial charge in [0.05, 0.1) is 18.7 Å². The van der Waals surface area contributed by atoms with Crippen molar-refractivity contribution < 1.29 is 24.2 Å². The van der Waals surface area contributed by atoms with Gasteiger partial charge in [0.15, 0.2) is 0 Å². The van der Waals surface area contributed by atoms with Crippen LogP contribution in [0.25, 0.3) is 10.9 Å². The summed E-state index contributed by atoms with van der Waals surface area (Å²) < 4.78 is 11.4. The van der Waals surface area contributed by atoms with Crippen LogP contribution in [0.2, 0.25) is 0 Å². The number of piperidine rings is 3. The quantitative estimate of drug-likeness (QED) is 0.616. The third-order valence-electron chi connectivity index (χ3n) is 6.98. The summed E-state index contributed by atoms with van der Waals surface area (Å²) in [4.78, 5) is 31.3. The van der Waals surface area contributed by atoms with Crippen molar-refractivity contribution in [2.24, 2.45) is 11.8 Å². The molecule has 0 saturated carbocycles. The van der Waals surface area contributed by atoms with Gasteiger partial charge in [-0.1, -0.05) is 6.08 Å². The van der Waals surface area contributed by atoms with Gasteiger partial charge in [0.2, 0.25) is 0 Å². The summed E-state index contributed by atoms with van der Waals surface area (Å²) >= 11 is 0. The first-order valence-corrected chi connectivity index (χ1v) is 11.2. The van der Waals surface area contributed by atoms with E-state index in [1.54, 1.807) is 13.3 Å². The van der Waals surface area contributed by atoms with Crippen molar-refractivity contribution in [2.45, 2.75) is 44.4 Å². The summed E-state index contributed by atoms with van der Waals surface area (Å²) in [6, 6.07) is 7.46. The number of ether oxygens (including phenoxy) is 2. The zero-order valence-electron chi connectivity index (χ0n) is 19.3. The number of methoxy groups -OCH3 is 1. The molecule has 0 spiro atoms. The number of carbonyl (C=O) groups excluding carboxylic acids is 1. The monoisotopic (exact) mass is 453 g/mol. The number of alkyl carbamates (subject to hydrolysis) is 1. The molecule has 3 fully saturated rings. The Morgan fingerprint density at radius 2 is 2.15 bits per heavy atom. The second kappa shape index (κ2) is 9.02. The minimum absolute atomic E-state index is 0.0320. The molecule has 0 aliphatic carbocycles. The standard InChI is InChI=1S/C25H31N3O5/c1-5-15-14-28-11-9-16(15)12-21(28)22(33-24(31)27-25(2,3)23(29)30)18-8-10-26-20-7-6-17(32-4)13-19(18)20/h5-8,10,13,15-16,21-22H,1,9,11-12,14H2,2-4H3,(H,27,31)(H,29,30)/t15-,16+,21+,22-/m1/s1. The summed E-state index contributed by atoms with van der Waals surface area (Å²) in [6.45, 7) is 8.65. The Morgan fingerprint density at radius 1 is 1.36 bits per heavy atom. The fraction of sp³-hybridized carbons (Fsp3) is 0.480. The summed E-state index contributed by atoms with van der Waals surface area (Å²) in [5, 5.41) is 12.8. The van der Waals surface area contributed by atoms with Crippen LogP contribution in [0.3, 0.4) is 0 Å². The molecule has 1 aromatic carbocycles. The highest BCUT2D eigenvalue weighted by Gasteiger charge is 2.44. The summed E-state index contributed by atoms with van der Waals surface area (Å²) in [6.07, 6.45) is 4.33. The fourth-order valence-corrected chi connectivity index (χ4v) is 5.02. The van der Waals surface area contributed by atoms with Gasteiger partial charge in [0, 0.05) is 23.7 Å². The van der Waals surface area contributed by atoms with Gasteiger partial charge in [-0.05, 0) is 69.3 Å². The van der Waals surface area contributed by atoms with Gasteiger partial charge < -0.3 is 19.9 Å². The maximum absolute atomic E-state index is 12.9. The lowest BCUT2D eigenvalue weighted by molar-refractivity contribution is -0.143. The molecule has 5 atom stereocenters. The van der Waals surface area contributed by atoms with Crippen molar-refractivity contribution in [3.63, 3.8) is 0 Å². The van der Waals surface area contributed by atoms with Gasteiger partial charge in [0.1, 0.15) is 17.4 Å². The van der Waals surface area contributed by atoms with E-state index in [9.17, 15) is 14.7 Å².